The van der Waals surface area contributed by atoms with Crippen molar-refractivity contribution in [3.63, 3.8) is 0 Å². The number of halogens is 2. The molecule has 0 atom stereocenters. The molecule has 0 unspecified atom stereocenters. The van der Waals surface area contributed by atoms with Gasteiger partial charge in [0.1, 0.15) is 23.1 Å². The summed E-state index contributed by atoms with van der Waals surface area (Å²) in [6, 6.07) is 10.1. The molecular weight excluding hydrogens is 248 g/mol. The standard InChI is InChI=1S/C15H15F2NO/c1-2-18-10-11-8-13(17)6-7-15(11)19-14-5-3-4-12(16)9-14/h3-9,18H,2,10H2,1H3. The van der Waals surface area contributed by atoms with E-state index in [1.807, 2.05) is 6.92 Å². The van der Waals surface area contributed by atoms with Crippen LogP contribution < -0.4 is 10.1 Å². The van der Waals surface area contributed by atoms with Crippen LogP contribution in [0.2, 0.25) is 0 Å². The molecule has 0 heterocycles. The van der Waals surface area contributed by atoms with Crippen LogP contribution >= 0.6 is 0 Å². The molecule has 0 bridgehead atoms. The van der Waals surface area contributed by atoms with Gasteiger partial charge in [0.05, 0.1) is 0 Å². The molecule has 0 aliphatic heterocycles. The van der Waals surface area contributed by atoms with E-state index in [2.05, 4.69) is 5.32 Å². The van der Waals surface area contributed by atoms with Gasteiger partial charge in [-0.3, -0.25) is 0 Å². The zero-order chi connectivity index (χ0) is 13.7. The molecule has 4 heteroatoms. The molecule has 0 aliphatic carbocycles. The number of hydrogen-bond acceptors (Lipinski definition) is 2. The van der Waals surface area contributed by atoms with Gasteiger partial charge >= 0.3 is 0 Å². The lowest BCUT2D eigenvalue weighted by atomic mass is 10.2. The Bertz CT molecular complexity index is 558. The number of hydrogen-bond donors (Lipinski definition) is 1. The third kappa shape index (κ3) is 3.76. The smallest absolute Gasteiger partial charge is 0.132 e. The lowest BCUT2D eigenvalue weighted by molar-refractivity contribution is 0.465. The van der Waals surface area contributed by atoms with Gasteiger partial charge in [-0.1, -0.05) is 13.0 Å². The molecule has 0 aliphatic rings. The second kappa shape index (κ2) is 6.29. The van der Waals surface area contributed by atoms with Gasteiger partial charge in [-0.15, -0.1) is 0 Å². The zero-order valence-electron chi connectivity index (χ0n) is 10.6. The fraction of sp³-hybridized carbons (Fsp3) is 0.200. The molecule has 0 saturated carbocycles. The first-order chi connectivity index (χ1) is 9.19. The molecular formula is C15H15F2NO. The van der Waals surface area contributed by atoms with Gasteiger partial charge in [0.25, 0.3) is 0 Å². The van der Waals surface area contributed by atoms with Crippen LogP contribution in [0.15, 0.2) is 42.5 Å². The van der Waals surface area contributed by atoms with Crippen molar-refractivity contribution in [3.05, 3.63) is 59.7 Å². The SMILES string of the molecule is CCNCc1cc(F)ccc1Oc1cccc(F)c1. The molecule has 0 fully saturated rings. The zero-order valence-corrected chi connectivity index (χ0v) is 10.6. The minimum atomic E-state index is -0.368. The van der Waals surface area contributed by atoms with Crippen LogP contribution in [-0.2, 0) is 6.54 Å². The summed E-state index contributed by atoms with van der Waals surface area (Å²) in [5.74, 6) is 0.227. The summed E-state index contributed by atoms with van der Waals surface area (Å²) in [5.41, 5.74) is 0.700. The quantitative estimate of drug-likeness (QED) is 0.884. The topological polar surface area (TPSA) is 21.3 Å². The normalized spacial score (nSPS) is 10.5. The molecule has 100 valence electrons. The summed E-state index contributed by atoms with van der Waals surface area (Å²) < 4.78 is 31.9. The number of rotatable bonds is 5. The highest BCUT2D eigenvalue weighted by atomic mass is 19.1. The highest BCUT2D eigenvalue weighted by Crippen LogP contribution is 2.26. The summed E-state index contributed by atoms with van der Waals surface area (Å²) in [6.45, 7) is 3.24. The third-order valence-corrected chi connectivity index (χ3v) is 2.61. The Balaban J connectivity index is 2.23. The Morgan fingerprint density at radius 3 is 2.58 bits per heavy atom. The molecule has 2 aromatic rings. The first kappa shape index (κ1) is 13.5. The maximum atomic E-state index is 13.2. The summed E-state index contributed by atoms with van der Waals surface area (Å²) >= 11 is 0. The maximum Gasteiger partial charge on any atom is 0.132 e. The van der Waals surface area contributed by atoms with Crippen molar-refractivity contribution in [1.82, 2.24) is 5.32 Å². The van der Waals surface area contributed by atoms with Gasteiger partial charge in [-0.2, -0.15) is 0 Å². The monoisotopic (exact) mass is 263 g/mol. The van der Waals surface area contributed by atoms with Crippen molar-refractivity contribution < 1.29 is 13.5 Å². The molecule has 0 aromatic heterocycles. The Morgan fingerprint density at radius 2 is 1.84 bits per heavy atom. The highest BCUT2D eigenvalue weighted by molar-refractivity contribution is 5.38. The van der Waals surface area contributed by atoms with Gasteiger partial charge in [0.2, 0.25) is 0 Å². The predicted molar refractivity (Wildman–Crippen MR) is 70.3 cm³/mol. The van der Waals surface area contributed by atoms with E-state index < -0.39 is 0 Å². The Morgan fingerprint density at radius 1 is 1.05 bits per heavy atom. The van der Waals surface area contributed by atoms with Crippen molar-refractivity contribution in [3.8, 4) is 11.5 Å². The van der Waals surface area contributed by atoms with E-state index in [-0.39, 0.29) is 11.6 Å². The molecule has 0 amide bonds. The first-order valence-corrected chi connectivity index (χ1v) is 6.11. The molecule has 19 heavy (non-hydrogen) atoms. The van der Waals surface area contributed by atoms with Gasteiger partial charge < -0.3 is 10.1 Å². The van der Waals surface area contributed by atoms with Gasteiger partial charge in [0, 0.05) is 18.2 Å². The van der Waals surface area contributed by atoms with Gasteiger partial charge in [-0.25, -0.2) is 8.78 Å². The van der Waals surface area contributed by atoms with E-state index in [1.54, 1.807) is 18.2 Å². The van der Waals surface area contributed by atoms with E-state index in [0.29, 0.717) is 23.6 Å². The van der Waals surface area contributed by atoms with Crippen LogP contribution in [0, 0.1) is 11.6 Å². The first-order valence-electron chi connectivity index (χ1n) is 6.11. The van der Waals surface area contributed by atoms with Crippen LogP contribution in [0.5, 0.6) is 11.5 Å². The summed E-state index contributed by atoms with van der Waals surface area (Å²) in [5, 5.41) is 3.11. The molecule has 1 N–H and O–H groups in total. The third-order valence-electron chi connectivity index (χ3n) is 2.61. The second-order valence-electron chi connectivity index (χ2n) is 4.09. The fourth-order valence-electron chi connectivity index (χ4n) is 1.70. The van der Waals surface area contributed by atoms with Crippen LogP contribution in [0.4, 0.5) is 8.78 Å². The van der Waals surface area contributed by atoms with Crippen molar-refractivity contribution >= 4 is 0 Å². The Labute approximate surface area is 111 Å². The molecule has 0 spiro atoms. The van der Waals surface area contributed by atoms with Crippen molar-refractivity contribution in [2.24, 2.45) is 0 Å². The number of ether oxygens (including phenoxy) is 1. The highest BCUT2D eigenvalue weighted by Gasteiger charge is 2.07. The summed E-state index contributed by atoms with van der Waals surface area (Å²) in [6.07, 6.45) is 0. The van der Waals surface area contributed by atoms with Crippen LogP contribution in [-0.4, -0.2) is 6.54 Å². The Hall–Kier alpha value is -1.94. The second-order valence-corrected chi connectivity index (χ2v) is 4.09. The van der Waals surface area contributed by atoms with Crippen LogP contribution in [0.1, 0.15) is 12.5 Å². The fourth-order valence-corrected chi connectivity index (χ4v) is 1.70. The Kier molecular flexibility index (Phi) is 4.47. The van der Waals surface area contributed by atoms with Gasteiger partial charge in [0.15, 0.2) is 0 Å². The molecule has 2 nitrogen and oxygen atoms in total. The average Bonchev–Trinajstić information content (AvgIpc) is 2.39. The minimum Gasteiger partial charge on any atom is -0.457 e. The van der Waals surface area contributed by atoms with Crippen LogP contribution in [0.25, 0.3) is 0 Å². The van der Waals surface area contributed by atoms with E-state index >= 15 is 0 Å². The average molecular weight is 263 g/mol. The van der Waals surface area contributed by atoms with E-state index in [0.717, 1.165) is 6.54 Å². The van der Waals surface area contributed by atoms with Crippen molar-refractivity contribution in [1.29, 1.82) is 0 Å². The molecule has 2 rings (SSSR count). The van der Waals surface area contributed by atoms with Crippen molar-refractivity contribution in [2.75, 3.05) is 6.54 Å². The van der Waals surface area contributed by atoms with Gasteiger partial charge in [-0.05, 0) is 36.9 Å². The van der Waals surface area contributed by atoms with E-state index in [4.69, 9.17) is 4.74 Å². The summed E-state index contributed by atoms with van der Waals surface area (Å²) in [4.78, 5) is 0. The lowest BCUT2D eigenvalue weighted by Gasteiger charge is -2.11. The van der Waals surface area contributed by atoms with Crippen LogP contribution in [0.3, 0.4) is 0 Å². The molecule has 0 radical (unpaired) electrons. The lowest BCUT2D eigenvalue weighted by Crippen LogP contribution is -2.12. The van der Waals surface area contributed by atoms with Crippen molar-refractivity contribution in [2.45, 2.75) is 13.5 Å². The van der Waals surface area contributed by atoms with E-state index in [9.17, 15) is 8.78 Å². The summed E-state index contributed by atoms with van der Waals surface area (Å²) in [7, 11) is 0. The predicted octanol–water partition coefficient (Wildman–Crippen LogP) is 3.87. The maximum absolute atomic E-state index is 13.2. The number of benzene rings is 2. The molecule has 2 aromatic carbocycles. The largest absolute Gasteiger partial charge is 0.457 e. The van der Waals surface area contributed by atoms with E-state index in [1.165, 1.54) is 24.3 Å². The molecule has 0 saturated heterocycles. The minimum absolute atomic E-state index is 0.320. The number of nitrogens with one attached hydrogen (secondary N) is 1.